The Morgan fingerprint density at radius 3 is 2.22 bits per heavy atom. The summed E-state index contributed by atoms with van der Waals surface area (Å²) in [4.78, 5) is 2.48. The van der Waals surface area contributed by atoms with Gasteiger partial charge in [-0.05, 0) is 45.3 Å². The van der Waals surface area contributed by atoms with Gasteiger partial charge in [0.15, 0.2) is 0 Å². The fraction of sp³-hybridized carbons (Fsp3) is 0.667. The summed E-state index contributed by atoms with van der Waals surface area (Å²) in [5, 5.41) is 0. The minimum absolute atomic E-state index is 0.287. The second kappa shape index (κ2) is 5.23. The number of fused-ring (bicyclic) bond motifs is 1. The monoisotopic (exact) mass is 315 g/mol. The van der Waals surface area contributed by atoms with Gasteiger partial charge in [0.2, 0.25) is 0 Å². The van der Waals surface area contributed by atoms with Crippen LogP contribution in [0.4, 0.5) is 5.69 Å². The van der Waals surface area contributed by atoms with E-state index in [0.29, 0.717) is 11.8 Å². The largest absolute Gasteiger partial charge is 0.494 e. The van der Waals surface area contributed by atoms with Crippen molar-refractivity contribution in [3.63, 3.8) is 0 Å². The zero-order chi connectivity index (χ0) is 16.2. The molecule has 4 nitrogen and oxygen atoms in total. The van der Waals surface area contributed by atoms with E-state index in [1.54, 1.807) is 0 Å². The number of benzene rings is 1. The molecule has 4 rings (SSSR count). The van der Waals surface area contributed by atoms with Gasteiger partial charge in [-0.25, -0.2) is 0 Å². The topological polar surface area (TPSA) is 30.9 Å². The first-order valence-corrected chi connectivity index (χ1v) is 8.64. The highest BCUT2D eigenvalue weighted by atomic mass is 16.7. The third-order valence-electron chi connectivity index (χ3n) is 6.00. The molecule has 0 N–H and O–H groups in total. The van der Waals surface area contributed by atoms with Gasteiger partial charge in [0.1, 0.15) is 0 Å². The van der Waals surface area contributed by atoms with Gasteiger partial charge in [0, 0.05) is 30.6 Å². The molecule has 5 heteroatoms. The Kier molecular flexibility index (Phi) is 3.52. The molecule has 1 aromatic carbocycles. The molecule has 0 bridgehead atoms. The van der Waals surface area contributed by atoms with Crippen LogP contribution in [0.15, 0.2) is 24.3 Å². The second-order valence-corrected chi connectivity index (χ2v) is 8.15. The fourth-order valence-electron chi connectivity index (χ4n) is 3.75. The van der Waals surface area contributed by atoms with Gasteiger partial charge in [-0.2, -0.15) is 0 Å². The molecule has 2 unspecified atom stereocenters. The highest BCUT2D eigenvalue weighted by Crippen LogP contribution is 2.37. The van der Waals surface area contributed by atoms with Gasteiger partial charge < -0.3 is 18.9 Å². The normalized spacial score (nSPS) is 31.7. The standard InChI is InChI=1S/C18H26BNO3/c1-17(2)18(3,4)23-19(22-17)15-6-5-7-16(8-15)20-9-13-11-21-12-14(13)10-20/h5-8,13-14H,9-12H2,1-4H3. The maximum Gasteiger partial charge on any atom is 0.494 e. The summed E-state index contributed by atoms with van der Waals surface area (Å²) in [5.41, 5.74) is 1.78. The lowest BCUT2D eigenvalue weighted by Crippen LogP contribution is -2.41. The molecule has 0 spiro atoms. The number of hydrogen-bond acceptors (Lipinski definition) is 4. The highest BCUT2D eigenvalue weighted by molar-refractivity contribution is 6.62. The Bertz CT molecular complexity index is 576. The van der Waals surface area contributed by atoms with Crippen LogP contribution >= 0.6 is 0 Å². The van der Waals surface area contributed by atoms with Crippen LogP contribution in [0.1, 0.15) is 27.7 Å². The van der Waals surface area contributed by atoms with E-state index in [-0.39, 0.29) is 18.3 Å². The molecule has 0 aromatic heterocycles. The van der Waals surface area contributed by atoms with Crippen LogP contribution in [0.3, 0.4) is 0 Å². The fourth-order valence-corrected chi connectivity index (χ4v) is 3.75. The Balaban J connectivity index is 1.54. The Hall–Kier alpha value is -1.04. The van der Waals surface area contributed by atoms with Crippen LogP contribution in [-0.4, -0.2) is 44.6 Å². The molecule has 2 atom stereocenters. The molecule has 3 heterocycles. The van der Waals surface area contributed by atoms with E-state index in [1.165, 1.54) is 5.69 Å². The molecule has 3 saturated heterocycles. The lowest BCUT2D eigenvalue weighted by molar-refractivity contribution is 0.00578. The van der Waals surface area contributed by atoms with Crippen molar-refractivity contribution in [1.29, 1.82) is 0 Å². The third kappa shape index (κ3) is 2.59. The Morgan fingerprint density at radius 1 is 1.00 bits per heavy atom. The SMILES string of the molecule is CC1(C)OB(c2cccc(N3CC4COCC4C3)c2)OC1(C)C. The molecule has 0 saturated carbocycles. The van der Waals surface area contributed by atoms with Crippen molar-refractivity contribution in [3.8, 4) is 0 Å². The lowest BCUT2D eigenvalue weighted by atomic mass is 9.79. The van der Waals surface area contributed by atoms with Crippen LogP contribution in [0.25, 0.3) is 0 Å². The van der Waals surface area contributed by atoms with Crippen LogP contribution < -0.4 is 10.4 Å². The van der Waals surface area contributed by atoms with Gasteiger partial charge in [0.25, 0.3) is 0 Å². The van der Waals surface area contributed by atoms with Crippen molar-refractivity contribution in [3.05, 3.63) is 24.3 Å². The van der Waals surface area contributed by atoms with E-state index in [4.69, 9.17) is 14.0 Å². The van der Waals surface area contributed by atoms with E-state index in [2.05, 4.69) is 56.9 Å². The Morgan fingerprint density at radius 2 is 1.61 bits per heavy atom. The molecule has 1 aromatic rings. The van der Waals surface area contributed by atoms with E-state index in [9.17, 15) is 0 Å². The predicted molar refractivity (Wildman–Crippen MR) is 92.2 cm³/mol. The number of nitrogens with zero attached hydrogens (tertiary/aromatic N) is 1. The lowest BCUT2D eigenvalue weighted by Gasteiger charge is -2.32. The molecule has 0 aliphatic carbocycles. The maximum absolute atomic E-state index is 6.18. The average Bonchev–Trinajstić information content (AvgIpc) is 3.11. The van der Waals surface area contributed by atoms with Crippen LogP contribution in [0.2, 0.25) is 0 Å². The van der Waals surface area contributed by atoms with E-state index in [1.807, 2.05) is 0 Å². The molecular formula is C18H26BNO3. The van der Waals surface area contributed by atoms with Crippen molar-refractivity contribution in [2.24, 2.45) is 11.8 Å². The first kappa shape index (κ1) is 15.5. The van der Waals surface area contributed by atoms with E-state index in [0.717, 1.165) is 31.8 Å². The van der Waals surface area contributed by atoms with Crippen molar-refractivity contribution in [2.45, 2.75) is 38.9 Å². The van der Waals surface area contributed by atoms with Gasteiger partial charge >= 0.3 is 7.12 Å². The van der Waals surface area contributed by atoms with Gasteiger partial charge in [-0.1, -0.05) is 12.1 Å². The molecule has 3 aliphatic heterocycles. The summed E-state index contributed by atoms with van der Waals surface area (Å²) in [7, 11) is -0.287. The van der Waals surface area contributed by atoms with Crippen molar-refractivity contribution >= 4 is 18.3 Å². The van der Waals surface area contributed by atoms with E-state index >= 15 is 0 Å². The highest BCUT2D eigenvalue weighted by Gasteiger charge is 2.51. The maximum atomic E-state index is 6.18. The van der Waals surface area contributed by atoms with Crippen molar-refractivity contribution in [1.82, 2.24) is 0 Å². The molecule has 23 heavy (non-hydrogen) atoms. The van der Waals surface area contributed by atoms with Crippen LogP contribution in [0, 0.1) is 11.8 Å². The molecule has 0 amide bonds. The smallest absolute Gasteiger partial charge is 0.399 e. The molecule has 3 fully saturated rings. The first-order valence-electron chi connectivity index (χ1n) is 8.64. The van der Waals surface area contributed by atoms with Gasteiger partial charge in [0.05, 0.1) is 24.4 Å². The summed E-state index contributed by atoms with van der Waals surface area (Å²) in [6.07, 6.45) is 0. The first-order chi connectivity index (χ1) is 10.9. The molecule has 124 valence electrons. The number of rotatable bonds is 2. The average molecular weight is 315 g/mol. The Labute approximate surface area is 139 Å². The summed E-state index contributed by atoms with van der Waals surface area (Å²) in [6, 6.07) is 8.63. The predicted octanol–water partition coefficient (Wildman–Crippen LogP) is 2.07. The number of anilines is 1. The van der Waals surface area contributed by atoms with Crippen molar-refractivity contribution < 1.29 is 14.0 Å². The molecule has 3 aliphatic rings. The quantitative estimate of drug-likeness (QED) is 0.782. The zero-order valence-electron chi connectivity index (χ0n) is 14.5. The second-order valence-electron chi connectivity index (χ2n) is 8.15. The van der Waals surface area contributed by atoms with Crippen molar-refractivity contribution in [2.75, 3.05) is 31.2 Å². The summed E-state index contributed by atoms with van der Waals surface area (Å²) in [6.45, 7) is 12.4. The number of ether oxygens (including phenoxy) is 1. The van der Waals surface area contributed by atoms with Crippen LogP contribution in [0.5, 0.6) is 0 Å². The van der Waals surface area contributed by atoms with Gasteiger partial charge in [-0.15, -0.1) is 0 Å². The third-order valence-corrected chi connectivity index (χ3v) is 6.00. The van der Waals surface area contributed by atoms with Crippen LogP contribution in [-0.2, 0) is 14.0 Å². The van der Waals surface area contributed by atoms with E-state index < -0.39 is 0 Å². The summed E-state index contributed by atoms with van der Waals surface area (Å²) >= 11 is 0. The number of hydrogen-bond donors (Lipinski definition) is 0. The minimum atomic E-state index is -0.296. The summed E-state index contributed by atoms with van der Waals surface area (Å²) < 4.78 is 17.9. The molecule has 0 radical (unpaired) electrons. The summed E-state index contributed by atoms with van der Waals surface area (Å²) in [5.74, 6) is 1.38. The zero-order valence-corrected chi connectivity index (χ0v) is 14.5. The minimum Gasteiger partial charge on any atom is -0.399 e. The molecular weight excluding hydrogens is 289 g/mol. The van der Waals surface area contributed by atoms with Gasteiger partial charge in [-0.3, -0.25) is 0 Å².